The summed E-state index contributed by atoms with van der Waals surface area (Å²) < 4.78 is 5.30. The Morgan fingerprint density at radius 1 is 1.33 bits per heavy atom. The van der Waals surface area contributed by atoms with E-state index >= 15 is 0 Å². The summed E-state index contributed by atoms with van der Waals surface area (Å²) in [4.78, 5) is 12.9. The number of methoxy groups -OCH3 is 1. The van der Waals surface area contributed by atoms with Crippen molar-refractivity contribution in [1.29, 1.82) is 0 Å². The van der Waals surface area contributed by atoms with Gasteiger partial charge in [0.25, 0.3) is 0 Å². The van der Waals surface area contributed by atoms with Crippen molar-refractivity contribution in [2.45, 2.75) is 31.8 Å². The summed E-state index contributed by atoms with van der Waals surface area (Å²) in [6.45, 7) is 3.71. The van der Waals surface area contributed by atoms with Crippen molar-refractivity contribution in [2.75, 3.05) is 20.2 Å². The maximum atomic E-state index is 12.9. The molecule has 2 aliphatic rings. The largest absolute Gasteiger partial charge is 0.381 e. The van der Waals surface area contributed by atoms with Gasteiger partial charge in [0, 0.05) is 42.5 Å². The van der Waals surface area contributed by atoms with E-state index in [0.29, 0.717) is 5.78 Å². The molecule has 0 spiro atoms. The molecule has 1 aromatic carbocycles. The van der Waals surface area contributed by atoms with Gasteiger partial charge in [0.1, 0.15) is 5.78 Å². The number of Topliss-reactive ketones (excluding diaryl/α,β-unsaturated/α-hetero) is 1. The molecule has 0 aromatic heterocycles. The number of hydrogen-bond donors (Lipinski definition) is 1. The van der Waals surface area contributed by atoms with Crippen LogP contribution in [-0.2, 0) is 9.53 Å². The SMILES string of the molecule is COC1CC(C(=O)[C@]2(C)CNC[C@@H]2c2ccc(Cl)cc2)C1. The number of rotatable bonds is 4. The molecule has 0 amide bonds. The van der Waals surface area contributed by atoms with Crippen LogP contribution in [0.4, 0.5) is 0 Å². The summed E-state index contributed by atoms with van der Waals surface area (Å²) >= 11 is 5.97. The summed E-state index contributed by atoms with van der Waals surface area (Å²) in [5.41, 5.74) is 0.875. The predicted octanol–water partition coefficient (Wildman–Crippen LogP) is 3.03. The average molecular weight is 308 g/mol. The van der Waals surface area contributed by atoms with Crippen LogP contribution in [0.3, 0.4) is 0 Å². The monoisotopic (exact) mass is 307 g/mol. The van der Waals surface area contributed by atoms with Crippen LogP contribution in [0.1, 0.15) is 31.2 Å². The van der Waals surface area contributed by atoms with Gasteiger partial charge in [0.05, 0.1) is 6.10 Å². The molecule has 3 nitrogen and oxygen atoms in total. The van der Waals surface area contributed by atoms with Gasteiger partial charge < -0.3 is 10.1 Å². The molecule has 0 radical (unpaired) electrons. The molecular formula is C17H22ClNO2. The fraction of sp³-hybridized carbons (Fsp3) is 0.588. The molecule has 1 N–H and O–H groups in total. The lowest BCUT2D eigenvalue weighted by Crippen LogP contribution is -2.45. The molecule has 1 saturated carbocycles. The van der Waals surface area contributed by atoms with E-state index in [9.17, 15) is 4.79 Å². The third kappa shape index (κ3) is 2.63. The number of nitrogens with one attached hydrogen (secondary N) is 1. The number of carbonyl (C=O) groups excluding carboxylic acids is 1. The van der Waals surface area contributed by atoms with Crippen molar-refractivity contribution in [3.63, 3.8) is 0 Å². The maximum absolute atomic E-state index is 12.9. The first kappa shape index (κ1) is 15.0. The van der Waals surface area contributed by atoms with Gasteiger partial charge >= 0.3 is 0 Å². The lowest BCUT2D eigenvalue weighted by atomic mass is 9.65. The Kier molecular flexibility index (Phi) is 4.08. The Balaban J connectivity index is 1.78. The highest BCUT2D eigenvalue weighted by Gasteiger charge is 2.50. The number of ketones is 1. The first-order chi connectivity index (χ1) is 10.0. The van der Waals surface area contributed by atoms with Gasteiger partial charge in [-0.25, -0.2) is 0 Å². The lowest BCUT2D eigenvalue weighted by molar-refractivity contribution is -0.139. The third-order valence-electron chi connectivity index (χ3n) is 5.24. The Morgan fingerprint density at radius 3 is 2.62 bits per heavy atom. The minimum absolute atomic E-state index is 0.162. The van der Waals surface area contributed by atoms with Crippen molar-refractivity contribution in [1.82, 2.24) is 5.32 Å². The van der Waals surface area contributed by atoms with E-state index in [1.807, 2.05) is 24.3 Å². The zero-order chi connectivity index (χ0) is 15.0. The van der Waals surface area contributed by atoms with Gasteiger partial charge in [-0.15, -0.1) is 0 Å². The Labute approximate surface area is 131 Å². The second-order valence-electron chi connectivity index (χ2n) is 6.54. The normalized spacial score (nSPS) is 35.5. The smallest absolute Gasteiger partial charge is 0.143 e. The van der Waals surface area contributed by atoms with E-state index < -0.39 is 0 Å². The van der Waals surface area contributed by atoms with E-state index in [-0.39, 0.29) is 23.4 Å². The standard InChI is InChI=1S/C17H22ClNO2/c1-17(16(20)12-7-14(8-12)21-2)10-19-9-15(17)11-3-5-13(18)6-4-11/h3-6,12,14-15,19H,7-10H2,1-2H3/t12?,14?,15-,17-/m1/s1. The van der Waals surface area contributed by atoms with Crippen LogP contribution in [0.15, 0.2) is 24.3 Å². The highest BCUT2D eigenvalue weighted by Crippen LogP contribution is 2.45. The molecule has 1 saturated heterocycles. The Hall–Kier alpha value is -0.900. The predicted molar refractivity (Wildman–Crippen MR) is 83.7 cm³/mol. The van der Waals surface area contributed by atoms with Gasteiger partial charge in [0.15, 0.2) is 0 Å². The molecule has 21 heavy (non-hydrogen) atoms. The van der Waals surface area contributed by atoms with Gasteiger partial charge in [-0.05, 0) is 30.5 Å². The lowest BCUT2D eigenvalue weighted by Gasteiger charge is -2.40. The zero-order valence-corrected chi connectivity index (χ0v) is 13.3. The van der Waals surface area contributed by atoms with Crippen LogP contribution in [0.2, 0.25) is 5.02 Å². The number of halogens is 1. The van der Waals surface area contributed by atoms with Crippen LogP contribution >= 0.6 is 11.6 Å². The number of ether oxygens (including phenoxy) is 1. The molecule has 1 aromatic rings. The molecule has 0 bridgehead atoms. The molecule has 4 heteroatoms. The van der Waals surface area contributed by atoms with Gasteiger partial charge in [-0.1, -0.05) is 30.7 Å². The quantitative estimate of drug-likeness (QED) is 0.929. The van der Waals surface area contributed by atoms with Gasteiger partial charge in [-0.2, -0.15) is 0 Å². The molecule has 2 atom stereocenters. The molecule has 2 fully saturated rings. The van der Waals surface area contributed by atoms with Crippen molar-refractivity contribution in [2.24, 2.45) is 11.3 Å². The summed E-state index contributed by atoms with van der Waals surface area (Å²) in [6, 6.07) is 7.91. The zero-order valence-electron chi connectivity index (χ0n) is 12.6. The third-order valence-corrected chi connectivity index (χ3v) is 5.50. The van der Waals surface area contributed by atoms with E-state index in [1.165, 1.54) is 5.56 Å². The fourth-order valence-corrected chi connectivity index (χ4v) is 3.83. The van der Waals surface area contributed by atoms with Crippen LogP contribution < -0.4 is 5.32 Å². The minimum Gasteiger partial charge on any atom is -0.381 e. The van der Waals surface area contributed by atoms with Crippen molar-refractivity contribution in [3.8, 4) is 0 Å². The topological polar surface area (TPSA) is 38.3 Å². The molecular weight excluding hydrogens is 286 g/mol. The van der Waals surface area contributed by atoms with E-state index in [0.717, 1.165) is 31.0 Å². The molecule has 1 aliphatic heterocycles. The summed E-state index contributed by atoms with van der Waals surface area (Å²) in [7, 11) is 1.72. The highest BCUT2D eigenvalue weighted by atomic mass is 35.5. The van der Waals surface area contributed by atoms with Crippen molar-refractivity contribution in [3.05, 3.63) is 34.9 Å². The van der Waals surface area contributed by atoms with Gasteiger partial charge in [-0.3, -0.25) is 4.79 Å². The molecule has 1 heterocycles. The summed E-state index contributed by atoms with van der Waals surface area (Å²) in [6.07, 6.45) is 2.02. The van der Waals surface area contributed by atoms with E-state index in [4.69, 9.17) is 16.3 Å². The highest BCUT2D eigenvalue weighted by molar-refractivity contribution is 6.30. The van der Waals surface area contributed by atoms with Crippen LogP contribution in [0, 0.1) is 11.3 Å². The average Bonchev–Trinajstić information content (AvgIpc) is 2.82. The second kappa shape index (κ2) is 5.71. The number of carbonyl (C=O) groups is 1. The van der Waals surface area contributed by atoms with Crippen LogP contribution in [-0.4, -0.2) is 32.1 Å². The number of benzene rings is 1. The van der Waals surface area contributed by atoms with E-state index in [1.54, 1.807) is 7.11 Å². The minimum atomic E-state index is -0.322. The molecule has 3 rings (SSSR count). The first-order valence-electron chi connectivity index (χ1n) is 7.58. The van der Waals surface area contributed by atoms with E-state index in [2.05, 4.69) is 12.2 Å². The number of hydrogen-bond acceptors (Lipinski definition) is 3. The molecule has 0 unspecified atom stereocenters. The van der Waals surface area contributed by atoms with Crippen molar-refractivity contribution >= 4 is 17.4 Å². The van der Waals surface area contributed by atoms with Gasteiger partial charge in [0.2, 0.25) is 0 Å². The Morgan fingerprint density at radius 2 is 2.00 bits per heavy atom. The molecule has 1 aliphatic carbocycles. The maximum Gasteiger partial charge on any atom is 0.143 e. The summed E-state index contributed by atoms with van der Waals surface area (Å²) in [5, 5.41) is 4.14. The molecule has 114 valence electrons. The van der Waals surface area contributed by atoms with Crippen LogP contribution in [0.5, 0.6) is 0 Å². The fourth-order valence-electron chi connectivity index (χ4n) is 3.70. The first-order valence-corrected chi connectivity index (χ1v) is 7.95. The van der Waals surface area contributed by atoms with Crippen LogP contribution in [0.25, 0.3) is 0 Å². The van der Waals surface area contributed by atoms with Crippen molar-refractivity contribution < 1.29 is 9.53 Å². The second-order valence-corrected chi connectivity index (χ2v) is 6.98. The summed E-state index contributed by atoms with van der Waals surface area (Å²) in [5.74, 6) is 0.777. The Bertz CT molecular complexity index is 524.